The van der Waals surface area contributed by atoms with E-state index in [1.807, 2.05) is 12.1 Å². The van der Waals surface area contributed by atoms with Gasteiger partial charge in [0.05, 0.1) is 8.66 Å². The van der Waals surface area contributed by atoms with E-state index in [9.17, 15) is 4.79 Å². The minimum absolute atomic E-state index is 0.188. The van der Waals surface area contributed by atoms with E-state index in [2.05, 4.69) is 39.7 Å². The van der Waals surface area contributed by atoms with Crippen LogP contribution in [-0.4, -0.2) is 48.4 Å². The van der Waals surface area contributed by atoms with Gasteiger partial charge in [-0.25, -0.2) is 0 Å². The SMILES string of the molecule is CCC1CN(C)CCCN1C(=O)c1ccc(Br)s1. The molecule has 1 atom stereocenters. The Hall–Kier alpha value is -0.390. The highest BCUT2D eigenvalue weighted by atomic mass is 79.9. The number of likely N-dealkylation sites (N-methyl/N-ethyl adjacent to an activating group) is 1. The first-order valence-corrected chi connectivity index (χ1v) is 7.97. The molecular weight excluding hydrogens is 312 g/mol. The van der Waals surface area contributed by atoms with Gasteiger partial charge in [-0.2, -0.15) is 0 Å². The summed E-state index contributed by atoms with van der Waals surface area (Å²) in [6, 6.07) is 4.20. The van der Waals surface area contributed by atoms with Crippen LogP contribution in [0.1, 0.15) is 29.4 Å². The van der Waals surface area contributed by atoms with Crippen LogP contribution in [0.5, 0.6) is 0 Å². The summed E-state index contributed by atoms with van der Waals surface area (Å²) in [6.45, 7) is 5.09. The van der Waals surface area contributed by atoms with Gasteiger partial charge < -0.3 is 9.80 Å². The van der Waals surface area contributed by atoms with Gasteiger partial charge in [0.1, 0.15) is 0 Å². The molecule has 1 saturated heterocycles. The molecule has 5 heteroatoms. The Morgan fingerprint density at radius 2 is 2.28 bits per heavy atom. The summed E-state index contributed by atoms with van der Waals surface area (Å²) in [5.41, 5.74) is 0. The Morgan fingerprint density at radius 1 is 1.50 bits per heavy atom. The van der Waals surface area contributed by atoms with Crippen molar-refractivity contribution in [2.45, 2.75) is 25.8 Å². The van der Waals surface area contributed by atoms with Crippen LogP contribution in [0.4, 0.5) is 0 Å². The van der Waals surface area contributed by atoms with E-state index in [1.165, 1.54) is 11.3 Å². The predicted molar refractivity (Wildman–Crippen MR) is 79.2 cm³/mol. The molecule has 1 aliphatic heterocycles. The molecule has 1 unspecified atom stereocenters. The number of carbonyl (C=O) groups is 1. The summed E-state index contributed by atoms with van der Waals surface area (Å²) in [6.07, 6.45) is 2.08. The fraction of sp³-hybridized carbons (Fsp3) is 0.615. The van der Waals surface area contributed by atoms with Crippen LogP contribution in [0.3, 0.4) is 0 Å². The molecule has 0 spiro atoms. The van der Waals surface area contributed by atoms with Gasteiger partial charge in [-0.1, -0.05) is 6.92 Å². The number of amides is 1. The molecule has 1 aromatic rings. The van der Waals surface area contributed by atoms with Gasteiger partial charge in [0.15, 0.2) is 0 Å². The Balaban J connectivity index is 2.16. The maximum Gasteiger partial charge on any atom is 0.264 e. The third kappa shape index (κ3) is 3.13. The lowest BCUT2D eigenvalue weighted by molar-refractivity contribution is 0.0681. The van der Waals surface area contributed by atoms with Crippen molar-refractivity contribution in [3.8, 4) is 0 Å². The summed E-state index contributed by atoms with van der Waals surface area (Å²) in [5.74, 6) is 0.188. The third-order valence-corrected chi connectivity index (χ3v) is 5.03. The molecule has 100 valence electrons. The van der Waals surface area contributed by atoms with Crippen molar-refractivity contribution >= 4 is 33.2 Å². The Morgan fingerprint density at radius 3 is 2.89 bits per heavy atom. The number of halogens is 1. The Bertz CT molecular complexity index is 421. The van der Waals surface area contributed by atoms with Crippen molar-refractivity contribution in [1.82, 2.24) is 9.80 Å². The molecule has 0 bridgehead atoms. The van der Waals surface area contributed by atoms with Gasteiger partial charge in [-0.3, -0.25) is 4.79 Å². The van der Waals surface area contributed by atoms with E-state index in [1.54, 1.807) is 0 Å². The molecule has 0 radical (unpaired) electrons. The van der Waals surface area contributed by atoms with Crippen molar-refractivity contribution in [2.75, 3.05) is 26.7 Å². The quantitative estimate of drug-likeness (QED) is 0.832. The van der Waals surface area contributed by atoms with Gasteiger partial charge in [0, 0.05) is 19.1 Å². The first-order valence-electron chi connectivity index (χ1n) is 6.36. The Kier molecular flexibility index (Phi) is 4.81. The topological polar surface area (TPSA) is 23.6 Å². The second kappa shape index (κ2) is 6.17. The summed E-state index contributed by atoms with van der Waals surface area (Å²) >= 11 is 4.94. The van der Waals surface area contributed by atoms with E-state index >= 15 is 0 Å². The summed E-state index contributed by atoms with van der Waals surface area (Å²) in [7, 11) is 2.14. The molecule has 1 aliphatic rings. The molecule has 1 aromatic heterocycles. The van der Waals surface area contributed by atoms with Crippen LogP contribution >= 0.6 is 27.3 Å². The highest BCUT2D eigenvalue weighted by Gasteiger charge is 2.27. The van der Waals surface area contributed by atoms with E-state index in [0.29, 0.717) is 6.04 Å². The summed E-state index contributed by atoms with van der Waals surface area (Å²) < 4.78 is 1.02. The molecule has 1 amide bonds. The minimum Gasteiger partial charge on any atom is -0.334 e. The highest BCUT2D eigenvalue weighted by Crippen LogP contribution is 2.25. The second-order valence-corrected chi connectivity index (χ2v) is 7.24. The molecule has 2 rings (SSSR count). The van der Waals surface area contributed by atoms with Crippen LogP contribution in [-0.2, 0) is 0 Å². The van der Waals surface area contributed by atoms with Crippen LogP contribution in [0, 0.1) is 0 Å². The standard InChI is InChI=1S/C13H19BrN2OS/c1-3-10-9-15(2)7-4-8-16(10)13(17)11-5-6-12(14)18-11/h5-6,10H,3-4,7-9H2,1-2H3. The lowest BCUT2D eigenvalue weighted by atomic mass is 10.2. The smallest absolute Gasteiger partial charge is 0.264 e. The zero-order chi connectivity index (χ0) is 13.1. The first kappa shape index (κ1) is 14.0. The molecule has 0 aromatic carbocycles. The summed E-state index contributed by atoms with van der Waals surface area (Å²) in [5, 5.41) is 0. The number of hydrogen-bond donors (Lipinski definition) is 0. The number of rotatable bonds is 2. The minimum atomic E-state index is 0.188. The van der Waals surface area contributed by atoms with Crippen molar-refractivity contribution in [3.05, 3.63) is 20.8 Å². The fourth-order valence-corrected chi connectivity index (χ4v) is 3.77. The molecule has 2 heterocycles. The molecule has 0 N–H and O–H groups in total. The van der Waals surface area contributed by atoms with E-state index < -0.39 is 0 Å². The average Bonchev–Trinajstić information content (AvgIpc) is 2.68. The normalized spacial score (nSPS) is 21.9. The van der Waals surface area contributed by atoms with Crippen molar-refractivity contribution < 1.29 is 4.79 Å². The van der Waals surface area contributed by atoms with Crippen molar-refractivity contribution in [3.63, 3.8) is 0 Å². The maximum absolute atomic E-state index is 12.5. The van der Waals surface area contributed by atoms with Crippen LogP contribution in [0.15, 0.2) is 15.9 Å². The van der Waals surface area contributed by atoms with Gasteiger partial charge in [0.2, 0.25) is 0 Å². The van der Waals surface area contributed by atoms with E-state index in [4.69, 9.17) is 0 Å². The summed E-state index contributed by atoms with van der Waals surface area (Å²) in [4.78, 5) is 17.8. The van der Waals surface area contributed by atoms with E-state index in [0.717, 1.165) is 41.1 Å². The molecule has 18 heavy (non-hydrogen) atoms. The van der Waals surface area contributed by atoms with Crippen LogP contribution < -0.4 is 0 Å². The average molecular weight is 331 g/mol. The number of nitrogens with zero attached hydrogens (tertiary/aromatic N) is 2. The number of thiophene rings is 1. The molecule has 3 nitrogen and oxygen atoms in total. The Labute approximate surface area is 121 Å². The first-order chi connectivity index (χ1) is 8.61. The van der Waals surface area contributed by atoms with Crippen LogP contribution in [0.25, 0.3) is 0 Å². The lowest BCUT2D eigenvalue weighted by Crippen LogP contribution is -2.43. The van der Waals surface area contributed by atoms with Gasteiger partial charge in [0.25, 0.3) is 5.91 Å². The predicted octanol–water partition coefficient (Wildman–Crippen LogP) is 3.07. The van der Waals surface area contributed by atoms with Gasteiger partial charge in [-0.05, 0) is 54.5 Å². The third-order valence-electron chi connectivity index (χ3n) is 3.42. The fourth-order valence-electron chi connectivity index (χ4n) is 2.43. The van der Waals surface area contributed by atoms with Gasteiger partial charge >= 0.3 is 0 Å². The molecular formula is C13H19BrN2OS. The second-order valence-electron chi connectivity index (χ2n) is 4.78. The largest absolute Gasteiger partial charge is 0.334 e. The zero-order valence-electron chi connectivity index (χ0n) is 10.9. The molecule has 1 fully saturated rings. The lowest BCUT2D eigenvalue weighted by Gasteiger charge is -2.29. The van der Waals surface area contributed by atoms with Crippen molar-refractivity contribution in [2.24, 2.45) is 0 Å². The monoisotopic (exact) mass is 330 g/mol. The number of hydrogen-bond acceptors (Lipinski definition) is 3. The highest BCUT2D eigenvalue weighted by molar-refractivity contribution is 9.11. The maximum atomic E-state index is 12.5. The van der Waals surface area contributed by atoms with E-state index in [-0.39, 0.29) is 5.91 Å². The zero-order valence-corrected chi connectivity index (χ0v) is 13.3. The molecule has 0 aliphatic carbocycles. The number of carbonyl (C=O) groups excluding carboxylic acids is 1. The van der Waals surface area contributed by atoms with Gasteiger partial charge in [-0.15, -0.1) is 11.3 Å². The van der Waals surface area contributed by atoms with Crippen molar-refractivity contribution in [1.29, 1.82) is 0 Å². The van der Waals surface area contributed by atoms with Crippen LogP contribution in [0.2, 0.25) is 0 Å². The molecule has 0 saturated carbocycles.